The van der Waals surface area contributed by atoms with E-state index in [2.05, 4.69) is 26.5 Å². The van der Waals surface area contributed by atoms with Crippen molar-refractivity contribution in [2.24, 2.45) is 5.10 Å². The second-order valence-corrected chi connectivity index (χ2v) is 6.40. The van der Waals surface area contributed by atoms with Gasteiger partial charge in [-0.2, -0.15) is 5.10 Å². The quantitative estimate of drug-likeness (QED) is 0.419. The molecule has 0 radical (unpaired) electrons. The number of aromatic hydroxyl groups is 1. The van der Waals surface area contributed by atoms with Gasteiger partial charge in [0.1, 0.15) is 5.75 Å². The normalized spacial score (nSPS) is 10.9. The predicted molar refractivity (Wildman–Crippen MR) is 99.7 cm³/mol. The van der Waals surface area contributed by atoms with Gasteiger partial charge in [-0.3, -0.25) is 14.9 Å². The van der Waals surface area contributed by atoms with Gasteiger partial charge in [-0.05, 0) is 32.0 Å². The Hall–Kier alpha value is -2.94. The first-order chi connectivity index (χ1) is 12.3. The zero-order valence-electron chi connectivity index (χ0n) is 14.0. The fraction of sp³-hybridized carbons (Fsp3) is 0.176. The van der Waals surface area contributed by atoms with Gasteiger partial charge in [0.25, 0.3) is 5.91 Å². The van der Waals surface area contributed by atoms with Crippen molar-refractivity contribution in [1.82, 2.24) is 5.43 Å². The van der Waals surface area contributed by atoms with Crippen LogP contribution in [0.5, 0.6) is 11.5 Å². The Morgan fingerprint density at radius 1 is 1.38 bits per heavy atom. The highest BCUT2D eigenvalue weighted by Crippen LogP contribution is 2.32. The Labute approximate surface area is 157 Å². The van der Waals surface area contributed by atoms with Gasteiger partial charge >= 0.3 is 5.69 Å². The predicted octanol–water partition coefficient (Wildman–Crippen LogP) is 3.61. The molecule has 8 nitrogen and oxygen atoms in total. The Kier molecular flexibility index (Phi) is 6.29. The number of phenolic OH excluding ortho intramolecular Hbond substituents is 1. The maximum Gasteiger partial charge on any atom is 0.312 e. The minimum atomic E-state index is -0.713. The third-order valence-corrected chi connectivity index (χ3v) is 3.60. The molecule has 2 aromatic carbocycles. The van der Waals surface area contributed by atoms with Crippen LogP contribution in [0.15, 0.2) is 46.0 Å². The second kappa shape index (κ2) is 8.43. The fourth-order valence-corrected chi connectivity index (χ4v) is 2.54. The summed E-state index contributed by atoms with van der Waals surface area (Å²) in [6, 6.07) is 9.30. The van der Waals surface area contributed by atoms with E-state index in [4.69, 9.17) is 4.74 Å². The van der Waals surface area contributed by atoms with Gasteiger partial charge in [0.15, 0.2) is 0 Å². The summed E-state index contributed by atoms with van der Waals surface area (Å²) in [4.78, 5) is 22.5. The third kappa shape index (κ3) is 4.79. The summed E-state index contributed by atoms with van der Waals surface area (Å²) in [7, 11) is 0. The van der Waals surface area contributed by atoms with Crippen LogP contribution in [0.4, 0.5) is 5.69 Å². The van der Waals surface area contributed by atoms with Gasteiger partial charge in [-0.1, -0.05) is 28.1 Å². The van der Waals surface area contributed by atoms with Crippen LogP contribution < -0.4 is 10.2 Å². The molecule has 2 rings (SSSR count). The number of carbonyl (C=O) groups is 1. The molecule has 0 unspecified atom stereocenters. The van der Waals surface area contributed by atoms with Crippen molar-refractivity contribution in [2.45, 2.75) is 20.0 Å². The van der Waals surface area contributed by atoms with E-state index in [1.54, 1.807) is 24.3 Å². The zero-order valence-corrected chi connectivity index (χ0v) is 15.6. The smallest absolute Gasteiger partial charge is 0.312 e. The molecule has 0 spiro atoms. The molecule has 0 bridgehead atoms. The number of hydrazone groups is 1. The number of amides is 1. The molecule has 0 aromatic heterocycles. The van der Waals surface area contributed by atoms with Crippen LogP contribution in [0, 0.1) is 10.1 Å². The zero-order chi connectivity index (χ0) is 19.3. The topological polar surface area (TPSA) is 114 Å². The number of carbonyl (C=O) groups excluding carboxylic acids is 1. The van der Waals surface area contributed by atoms with Gasteiger partial charge in [0, 0.05) is 16.1 Å². The Morgan fingerprint density at radius 2 is 2.08 bits per heavy atom. The van der Waals surface area contributed by atoms with E-state index in [0.717, 1.165) is 6.21 Å². The Morgan fingerprint density at radius 3 is 2.73 bits per heavy atom. The van der Waals surface area contributed by atoms with E-state index < -0.39 is 22.3 Å². The molecule has 0 aliphatic carbocycles. The van der Waals surface area contributed by atoms with Gasteiger partial charge in [-0.15, -0.1) is 0 Å². The number of hydrogen-bond acceptors (Lipinski definition) is 6. The van der Waals surface area contributed by atoms with Crippen LogP contribution >= 0.6 is 15.9 Å². The number of nitro groups is 1. The first-order valence-electron chi connectivity index (χ1n) is 7.55. The van der Waals surface area contributed by atoms with Crippen LogP contribution in [0.25, 0.3) is 0 Å². The molecule has 26 heavy (non-hydrogen) atoms. The number of rotatable bonds is 6. The lowest BCUT2D eigenvalue weighted by atomic mass is 10.2. The van der Waals surface area contributed by atoms with Crippen LogP contribution in [-0.2, 0) is 0 Å². The van der Waals surface area contributed by atoms with E-state index in [1.165, 1.54) is 12.1 Å². The lowest BCUT2D eigenvalue weighted by molar-refractivity contribution is -0.385. The second-order valence-electron chi connectivity index (χ2n) is 5.48. The highest BCUT2D eigenvalue weighted by Gasteiger charge is 2.18. The lowest BCUT2D eigenvalue weighted by Crippen LogP contribution is -2.19. The summed E-state index contributed by atoms with van der Waals surface area (Å²) in [5.74, 6) is -0.641. The van der Waals surface area contributed by atoms with E-state index in [1.807, 2.05) is 13.8 Å². The first-order valence-corrected chi connectivity index (χ1v) is 8.35. The maximum absolute atomic E-state index is 12.3. The van der Waals surface area contributed by atoms with Crippen molar-refractivity contribution >= 4 is 33.7 Å². The van der Waals surface area contributed by atoms with E-state index in [0.29, 0.717) is 15.8 Å². The largest absolute Gasteiger partial charge is 0.502 e. The van der Waals surface area contributed by atoms with Crippen LogP contribution in [0.2, 0.25) is 0 Å². The number of halogens is 1. The van der Waals surface area contributed by atoms with E-state index >= 15 is 0 Å². The Balaban J connectivity index is 2.19. The van der Waals surface area contributed by atoms with Crippen molar-refractivity contribution < 1.29 is 19.6 Å². The van der Waals surface area contributed by atoms with Crippen molar-refractivity contribution in [3.63, 3.8) is 0 Å². The molecule has 0 aliphatic rings. The number of benzene rings is 2. The molecular weight excluding hydrogens is 406 g/mol. The minimum absolute atomic E-state index is 0.0816. The molecular formula is C17H16BrN3O5. The number of nitrogens with zero attached hydrogens (tertiary/aromatic N) is 2. The van der Waals surface area contributed by atoms with Crippen LogP contribution in [0.1, 0.15) is 29.8 Å². The maximum atomic E-state index is 12.3. The number of hydrogen-bond donors (Lipinski definition) is 2. The summed E-state index contributed by atoms with van der Waals surface area (Å²) in [6.45, 7) is 3.69. The van der Waals surface area contributed by atoms with Gasteiger partial charge in [0.2, 0.25) is 5.75 Å². The van der Waals surface area contributed by atoms with Gasteiger partial charge in [0.05, 0.1) is 22.8 Å². The molecule has 0 atom stereocenters. The molecule has 0 aliphatic heterocycles. The van der Waals surface area contributed by atoms with E-state index in [-0.39, 0.29) is 11.7 Å². The van der Waals surface area contributed by atoms with Crippen molar-refractivity contribution in [1.29, 1.82) is 0 Å². The molecule has 0 fully saturated rings. The average Bonchev–Trinajstić information content (AvgIpc) is 2.57. The Bertz CT molecular complexity index is 867. The number of para-hydroxylation sites is 1. The molecule has 0 saturated heterocycles. The third-order valence-electron chi connectivity index (χ3n) is 3.14. The minimum Gasteiger partial charge on any atom is -0.502 e. The molecule has 2 aromatic rings. The standard InChI is InChI=1S/C17H16BrN3O5/c1-10(2)26-15-6-4-3-5-13(15)17(23)20-19-9-11-7-12(18)8-14(16(11)22)21(24)25/h3-10,22H,1-2H3,(H,20,23)/b19-9-. The van der Waals surface area contributed by atoms with Crippen LogP contribution in [0.3, 0.4) is 0 Å². The summed E-state index contributed by atoms with van der Waals surface area (Å²) < 4.78 is 5.97. The molecule has 2 N–H and O–H groups in total. The first kappa shape index (κ1) is 19.4. The van der Waals surface area contributed by atoms with Crippen LogP contribution in [-0.4, -0.2) is 28.3 Å². The summed E-state index contributed by atoms with van der Waals surface area (Å²) in [5.41, 5.74) is 2.22. The lowest BCUT2D eigenvalue weighted by Gasteiger charge is -2.12. The highest BCUT2D eigenvalue weighted by molar-refractivity contribution is 9.10. The van der Waals surface area contributed by atoms with Crippen molar-refractivity contribution in [3.8, 4) is 11.5 Å². The van der Waals surface area contributed by atoms with Crippen molar-refractivity contribution in [3.05, 3.63) is 62.1 Å². The summed E-state index contributed by atoms with van der Waals surface area (Å²) >= 11 is 3.12. The average molecular weight is 422 g/mol. The summed E-state index contributed by atoms with van der Waals surface area (Å²) in [6.07, 6.45) is 1.02. The molecule has 1 amide bonds. The van der Waals surface area contributed by atoms with E-state index in [9.17, 15) is 20.0 Å². The number of nitro benzene ring substituents is 1. The fourth-order valence-electron chi connectivity index (χ4n) is 2.07. The molecule has 136 valence electrons. The van der Waals surface area contributed by atoms with Gasteiger partial charge < -0.3 is 9.84 Å². The highest BCUT2D eigenvalue weighted by atomic mass is 79.9. The van der Waals surface area contributed by atoms with Gasteiger partial charge in [-0.25, -0.2) is 5.43 Å². The molecule has 9 heteroatoms. The summed E-state index contributed by atoms with van der Waals surface area (Å²) in [5, 5.41) is 24.6. The number of ether oxygens (including phenoxy) is 1. The van der Waals surface area contributed by atoms with Crippen molar-refractivity contribution in [2.75, 3.05) is 0 Å². The number of phenols is 1. The molecule has 0 saturated carbocycles. The molecule has 0 heterocycles. The SMILES string of the molecule is CC(C)Oc1ccccc1C(=O)N/N=C\c1cc(Br)cc([N+](=O)[O-])c1O. The number of nitrogens with one attached hydrogen (secondary N) is 1. The monoisotopic (exact) mass is 421 g/mol.